The quantitative estimate of drug-likeness (QED) is 0.472. The number of aryl methyl sites for hydroxylation is 1. The maximum absolute atomic E-state index is 12.9. The molecule has 1 saturated carbocycles. The smallest absolute Gasteiger partial charge is 0.240 e. The molecule has 0 amide bonds. The van der Waals surface area contributed by atoms with Crippen LogP contribution in [-0.2, 0) is 0 Å². The van der Waals surface area contributed by atoms with E-state index in [0.29, 0.717) is 17.1 Å². The standard InChI is InChI=1S/C21H18N4O3/c1-11-3-2-4-15(24-11)18-17(19(26)12-5-6-12)20(27)21(28)25(18)13-7-8-14-16(9-13)23-10-22-14/h2-4,7-10,12,27-28H,5-6H2,1H3,(H,22,23). The van der Waals surface area contributed by atoms with Gasteiger partial charge in [0.05, 0.1) is 40.0 Å². The number of rotatable bonds is 4. The second-order valence-electron chi connectivity index (χ2n) is 7.14. The van der Waals surface area contributed by atoms with E-state index in [2.05, 4.69) is 15.0 Å². The van der Waals surface area contributed by atoms with Gasteiger partial charge in [-0.15, -0.1) is 0 Å². The van der Waals surface area contributed by atoms with Gasteiger partial charge in [0.2, 0.25) is 5.88 Å². The molecule has 0 radical (unpaired) electrons. The van der Waals surface area contributed by atoms with Crippen molar-refractivity contribution in [3.8, 4) is 28.7 Å². The topological polar surface area (TPSA) is 104 Å². The highest BCUT2D eigenvalue weighted by Gasteiger charge is 2.38. The number of H-pyrrole nitrogens is 1. The molecular formula is C21H18N4O3. The van der Waals surface area contributed by atoms with Crippen molar-refractivity contribution in [1.29, 1.82) is 0 Å². The summed E-state index contributed by atoms with van der Waals surface area (Å²) >= 11 is 0. The Morgan fingerprint density at radius 2 is 2.04 bits per heavy atom. The molecule has 0 aliphatic heterocycles. The predicted molar refractivity (Wildman–Crippen MR) is 104 cm³/mol. The Morgan fingerprint density at radius 3 is 2.79 bits per heavy atom. The maximum atomic E-state index is 12.9. The highest BCUT2D eigenvalue weighted by molar-refractivity contribution is 6.07. The number of aromatic hydroxyl groups is 2. The molecule has 140 valence electrons. The monoisotopic (exact) mass is 374 g/mol. The number of ketones is 1. The molecule has 3 heterocycles. The van der Waals surface area contributed by atoms with Crippen LogP contribution in [0.3, 0.4) is 0 Å². The average molecular weight is 374 g/mol. The molecule has 1 aliphatic carbocycles. The van der Waals surface area contributed by atoms with Gasteiger partial charge in [-0.25, -0.2) is 4.98 Å². The second-order valence-corrected chi connectivity index (χ2v) is 7.14. The molecule has 0 bridgehead atoms. The van der Waals surface area contributed by atoms with E-state index in [1.54, 1.807) is 18.5 Å². The first kappa shape index (κ1) is 16.6. The van der Waals surface area contributed by atoms with E-state index in [9.17, 15) is 15.0 Å². The maximum Gasteiger partial charge on any atom is 0.240 e. The van der Waals surface area contributed by atoms with Gasteiger partial charge in [0, 0.05) is 11.6 Å². The van der Waals surface area contributed by atoms with Crippen LogP contribution in [0.2, 0.25) is 0 Å². The third-order valence-corrected chi connectivity index (χ3v) is 5.11. The summed E-state index contributed by atoms with van der Waals surface area (Å²) in [7, 11) is 0. The molecule has 0 spiro atoms. The summed E-state index contributed by atoms with van der Waals surface area (Å²) in [6.45, 7) is 1.86. The number of benzene rings is 1. The molecular weight excluding hydrogens is 356 g/mol. The van der Waals surface area contributed by atoms with E-state index in [1.807, 2.05) is 31.2 Å². The molecule has 4 aromatic rings. The number of nitrogens with one attached hydrogen (secondary N) is 1. The van der Waals surface area contributed by atoms with Crippen molar-refractivity contribution >= 4 is 16.8 Å². The summed E-state index contributed by atoms with van der Waals surface area (Å²) in [5.41, 5.74) is 3.98. The highest BCUT2D eigenvalue weighted by atomic mass is 16.3. The molecule has 0 saturated heterocycles. The van der Waals surface area contributed by atoms with Gasteiger partial charge in [0.15, 0.2) is 11.5 Å². The van der Waals surface area contributed by atoms with E-state index >= 15 is 0 Å². The summed E-state index contributed by atoms with van der Waals surface area (Å²) < 4.78 is 1.48. The molecule has 7 heteroatoms. The summed E-state index contributed by atoms with van der Waals surface area (Å²) in [6.07, 6.45) is 3.18. The van der Waals surface area contributed by atoms with Crippen molar-refractivity contribution in [2.75, 3.05) is 0 Å². The molecule has 5 rings (SSSR count). The van der Waals surface area contributed by atoms with Crippen LogP contribution < -0.4 is 0 Å². The number of aromatic nitrogens is 4. The fourth-order valence-corrected chi connectivity index (χ4v) is 3.56. The van der Waals surface area contributed by atoms with Crippen LogP contribution >= 0.6 is 0 Å². The number of hydrogen-bond acceptors (Lipinski definition) is 5. The minimum Gasteiger partial charge on any atom is -0.503 e. The third-order valence-electron chi connectivity index (χ3n) is 5.11. The van der Waals surface area contributed by atoms with Gasteiger partial charge in [-0.1, -0.05) is 6.07 Å². The van der Waals surface area contributed by atoms with Crippen LogP contribution in [0.5, 0.6) is 11.6 Å². The average Bonchev–Trinajstić information content (AvgIpc) is 3.38. The van der Waals surface area contributed by atoms with Gasteiger partial charge in [-0.2, -0.15) is 0 Å². The Morgan fingerprint density at radius 1 is 1.21 bits per heavy atom. The van der Waals surface area contributed by atoms with Crippen LogP contribution in [-0.4, -0.2) is 35.5 Å². The van der Waals surface area contributed by atoms with Crippen molar-refractivity contribution in [1.82, 2.24) is 19.5 Å². The number of fused-ring (bicyclic) bond motifs is 1. The Balaban J connectivity index is 1.82. The minimum atomic E-state index is -0.403. The molecule has 1 aromatic carbocycles. The van der Waals surface area contributed by atoms with Gasteiger partial charge < -0.3 is 15.2 Å². The number of aromatic amines is 1. The van der Waals surface area contributed by atoms with Crippen LogP contribution in [0.15, 0.2) is 42.7 Å². The molecule has 28 heavy (non-hydrogen) atoms. The lowest BCUT2D eigenvalue weighted by Crippen LogP contribution is -2.06. The largest absolute Gasteiger partial charge is 0.503 e. The lowest BCUT2D eigenvalue weighted by molar-refractivity contribution is 0.0965. The second kappa shape index (κ2) is 5.95. The minimum absolute atomic E-state index is 0.111. The molecule has 3 N–H and O–H groups in total. The number of carbonyl (C=O) groups excluding carboxylic acids is 1. The number of hydrogen-bond donors (Lipinski definition) is 3. The predicted octanol–water partition coefficient (Wildman–Crippen LogP) is 3.73. The lowest BCUT2D eigenvalue weighted by Gasteiger charge is -2.12. The summed E-state index contributed by atoms with van der Waals surface area (Å²) in [5, 5.41) is 21.4. The zero-order valence-corrected chi connectivity index (χ0v) is 15.2. The summed E-state index contributed by atoms with van der Waals surface area (Å²) in [5.74, 6) is -1.05. The third kappa shape index (κ3) is 2.47. The first-order valence-electron chi connectivity index (χ1n) is 9.13. The Kier molecular flexibility index (Phi) is 3.52. The van der Waals surface area contributed by atoms with E-state index in [4.69, 9.17) is 0 Å². The number of imidazole rings is 1. The van der Waals surface area contributed by atoms with Crippen molar-refractivity contribution in [3.05, 3.63) is 54.0 Å². The number of nitrogens with zero attached hydrogens (tertiary/aromatic N) is 3. The Hall–Kier alpha value is -3.61. The first-order chi connectivity index (χ1) is 13.5. The molecule has 7 nitrogen and oxygen atoms in total. The molecule has 1 fully saturated rings. The number of carbonyl (C=O) groups is 1. The van der Waals surface area contributed by atoms with Crippen molar-refractivity contribution in [2.45, 2.75) is 19.8 Å². The van der Waals surface area contributed by atoms with Gasteiger partial charge in [0.1, 0.15) is 0 Å². The van der Waals surface area contributed by atoms with Gasteiger partial charge in [0.25, 0.3) is 0 Å². The zero-order valence-electron chi connectivity index (χ0n) is 15.2. The number of Topliss-reactive ketones (excluding diaryl/α,β-unsaturated/α-hetero) is 1. The fourth-order valence-electron chi connectivity index (χ4n) is 3.56. The van der Waals surface area contributed by atoms with Gasteiger partial charge >= 0.3 is 0 Å². The Labute approximate surface area is 160 Å². The van der Waals surface area contributed by atoms with Crippen LogP contribution in [0.25, 0.3) is 28.1 Å². The van der Waals surface area contributed by atoms with Gasteiger partial charge in [-0.05, 0) is 50.1 Å². The van der Waals surface area contributed by atoms with E-state index in [-0.39, 0.29) is 23.1 Å². The molecule has 3 aromatic heterocycles. The summed E-state index contributed by atoms with van der Waals surface area (Å²) in [4.78, 5) is 24.7. The highest BCUT2D eigenvalue weighted by Crippen LogP contribution is 2.46. The zero-order chi connectivity index (χ0) is 19.4. The van der Waals surface area contributed by atoms with Crippen molar-refractivity contribution in [3.63, 3.8) is 0 Å². The molecule has 0 atom stereocenters. The van der Waals surface area contributed by atoms with Gasteiger partial charge in [-0.3, -0.25) is 14.3 Å². The van der Waals surface area contributed by atoms with E-state index in [1.165, 1.54) is 4.57 Å². The van der Waals surface area contributed by atoms with Crippen molar-refractivity contribution < 1.29 is 15.0 Å². The lowest BCUT2D eigenvalue weighted by atomic mass is 10.0. The number of pyridine rings is 1. The van der Waals surface area contributed by atoms with Crippen LogP contribution in [0, 0.1) is 12.8 Å². The SMILES string of the molecule is Cc1cccc(-c2c(C(=O)C3CC3)c(O)c(O)n2-c2ccc3nc[nH]c3c2)n1. The Bertz CT molecular complexity index is 1230. The summed E-state index contributed by atoms with van der Waals surface area (Å²) in [6, 6.07) is 10.9. The van der Waals surface area contributed by atoms with Crippen molar-refractivity contribution in [2.24, 2.45) is 5.92 Å². The van der Waals surface area contributed by atoms with Crippen LogP contribution in [0.1, 0.15) is 28.9 Å². The van der Waals surface area contributed by atoms with Crippen LogP contribution in [0.4, 0.5) is 0 Å². The normalized spacial score (nSPS) is 13.9. The van der Waals surface area contributed by atoms with E-state index in [0.717, 1.165) is 29.6 Å². The van der Waals surface area contributed by atoms with E-state index < -0.39 is 5.75 Å². The first-order valence-corrected chi connectivity index (χ1v) is 9.13. The molecule has 0 unspecified atom stereocenters. The molecule has 1 aliphatic rings. The fraction of sp³-hybridized carbons (Fsp3) is 0.190.